The summed E-state index contributed by atoms with van der Waals surface area (Å²) in [5, 5.41) is 6.43. The van der Waals surface area contributed by atoms with E-state index in [0.717, 1.165) is 25.7 Å². The molecule has 0 unspecified atom stereocenters. The van der Waals surface area contributed by atoms with Gasteiger partial charge in [0.1, 0.15) is 25.0 Å². The number of para-hydroxylation sites is 2. The van der Waals surface area contributed by atoms with E-state index in [1.807, 2.05) is 0 Å². The Morgan fingerprint density at radius 3 is 2.30 bits per heavy atom. The Bertz CT molecular complexity index is 1180. The molecule has 0 atom stereocenters. The molecule has 37 heavy (non-hydrogen) atoms. The minimum Gasteiger partial charge on any atom is -0.378 e. The first-order valence-corrected chi connectivity index (χ1v) is 12.7. The highest BCUT2D eigenvalue weighted by Gasteiger charge is 2.26. The summed E-state index contributed by atoms with van der Waals surface area (Å²) in [6.07, 6.45) is 0.253. The third kappa shape index (κ3) is 5.80. The van der Waals surface area contributed by atoms with Gasteiger partial charge in [0.2, 0.25) is 5.95 Å². The molecule has 2 N–H and O–H groups in total. The van der Waals surface area contributed by atoms with Crippen LogP contribution < -0.4 is 15.5 Å². The van der Waals surface area contributed by atoms with Gasteiger partial charge in [-0.25, -0.2) is 22.5 Å². The number of morpholine rings is 1. The Balaban J connectivity index is 1.43. The van der Waals surface area contributed by atoms with Gasteiger partial charge in [-0.2, -0.15) is 9.97 Å². The average molecular weight is 522 g/mol. The highest BCUT2D eigenvalue weighted by atomic mass is 19.3. The maximum Gasteiger partial charge on any atom is 0.296 e. The highest BCUT2D eigenvalue weighted by molar-refractivity contribution is 5.78. The van der Waals surface area contributed by atoms with Crippen molar-refractivity contribution in [3.05, 3.63) is 36.2 Å². The van der Waals surface area contributed by atoms with Crippen LogP contribution in [0.5, 0.6) is 0 Å². The summed E-state index contributed by atoms with van der Waals surface area (Å²) < 4.78 is 60.7. The molecule has 1 aliphatic heterocycles. The van der Waals surface area contributed by atoms with Gasteiger partial charge in [0.25, 0.3) is 6.43 Å². The molecule has 8 nitrogen and oxygen atoms in total. The van der Waals surface area contributed by atoms with E-state index < -0.39 is 25.8 Å². The number of anilines is 2. The van der Waals surface area contributed by atoms with Gasteiger partial charge in [-0.1, -0.05) is 12.1 Å². The SMILES string of the molecule is FCC(CF)NC1CCC(Nc2nc(N3CCOCC3)cc(-n3c(C(F)F)nc4ccccc43)n2)CC1. The maximum absolute atomic E-state index is 14.0. The van der Waals surface area contributed by atoms with Crippen LogP contribution in [0.4, 0.5) is 29.3 Å². The van der Waals surface area contributed by atoms with Crippen LogP contribution in [0.25, 0.3) is 16.9 Å². The van der Waals surface area contributed by atoms with Gasteiger partial charge in [-0.05, 0) is 37.8 Å². The molecule has 1 aromatic carbocycles. The van der Waals surface area contributed by atoms with Crippen molar-refractivity contribution < 1.29 is 22.3 Å². The van der Waals surface area contributed by atoms with Crippen LogP contribution in [-0.4, -0.2) is 77.3 Å². The molecule has 0 bridgehead atoms. The predicted molar refractivity (Wildman–Crippen MR) is 133 cm³/mol. The number of hydrogen-bond acceptors (Lipinski definition) is 7. The second kappa shape index (κ2) is 11.6. The lowest BCUT2D eigenvalue weighted by Gasteiger charge is -2.32. The van der Waals surface area contributed by atoms with Crippen LogP contribution in [0, 0.1) is 0 Å². The largest absolute Gasteiger partial charge is 0.378 e. The predicted octanol–water partition coefficient (Wildman–Crippen LogP) is 4.21. The molecule has 12 heteroatoms. The molecule has 5 rings (SSSR count). The fraction of sp³-hybridized carbons (Fsp3) is 0.560. The molecule has 0 radical (unpaired) electrons. The smallest absolute Gasteiger partial charge is 0.296 e. The van der Waals surface area contributed by atoms with E-state index in [1.54, 1.807) is 30.3 Å². The van der Waals surface area contributed by atoms with Crippen LogP contribution in [0.3, 0.4) is 0 Å². The molecule has 2 aromatic heterocycles. The normalized spacial score (nSPS) is 20.8. The fourth-order valence-electron chi connectivity index (χ4n) is 5.04. The van der Waals surface area contributed by atoms with Crippen molar-refractivity contribution in [1.82, 2.24) is 24.8 Å². The molecule has 0 amide bonds. The van der Waals surface area contributed by atoms with Crippen LogP contribution in [0.15, 0.2) is 30.3 Å². The fourth-order valence-corrected chi connectivity index (χ4v) is 5.04. The lowest BCUT2D eigenvalue weighted by Crippen LogP contribution is -2.44. The second-order valence-electron chi connectivity index (χ2n) is 9.47. The van der Waals surface area contributed by atoms with Crippen LogP contribution >= 0.6 is 0 Å². The molecule has 2 fully saturated rings. The Hall–Kier alpha value is -2.99. The van der Waals surface area contributed by atoms with Gasteiger partial charge < -0.3 is 20.3 Å². The van der Waals surface area contributed by atoms with Gasteiger partial charge in [0.05, 0.1) is 30.3 Å². The van der Waals surface area contributed by atoms with Crippen molar-refractivity contribution in [2.75, 3.05) is 49.9 Å². The Morgan fingerprint density at radius 2 is 1.59 bits per heavy atom. The van der Waals surface area contributed by atoms with Crippen molar-refractivity contribution >= 4 is 22.8 Å². The third-order valence-electron chi connectivity index (χ3n) is 6.95. The first-order chi connectivity index (χ1) is 18.1. The number of benzene rings is 1. The van der Waals surface area contributed by atoms with E-state index in [1.165, 1.54) is 4.57 Å². The highest BCUT2D eigenvalue weighted by Crippen LogP contribution is 2.30. The van der Waals surface area contributed by atoms with E-state index in [-0.39, 0.29) is 17.9 Å². The number of aromatic nitrogens is 4. The number of nitrogens with zero attached hydrogens (tertiary/aromatic N) is 5. The number of alkyl halides is 4. The molecular formula is C25H31F4N7O. The van der Waals surface area contributed by atoms with Gasteiger partial charge >= 0.3 is 0 Å². The van der Waals surface area contributed by atoms with E-state index >= 15 is 0 Å². The molecule has 1 saturated carbocycles. The summed E-state index contributed by atoms with van der Waals surface area (Å²) in [5.74, 6) is 0.907. The quantitative estimate of drug-likeness (QED) is 0.409. The van der Waals surface area contributed by atoms with E-state index in [2.05, 4.69) is 25.5 Å². The molecule has 3 aromatic rings. The first kappa shape index (κ1) is 25.7. The standard InChI is InChI=1S/C25H31F4N7O/c26-14-18(15-27)30-16-5-7-17(8-6-16)31-25-33-21(35-9-11-37-12-10-35)13-22(34-25)36-20-4-2-1-3-19(20)32-24(36)23(28)29/h1-4,13,16-18,23,30H,5-12,14-15H2,(H,31,33,34). The molecular weight excluding hydrogens is 490 g/mol. The van der Waals surface area contributed by atoms with Crippen LogP contribution in [-0.2, 0) is 4.74 Å². The summed E-state index contributed by atoms with van der Waals surface area (Å²) in [5.41, 5.74) is 1.00. The third-order valence-corrected chi connectivity index (χ3v) is 6.95. The summed E-state index contributed by atoms with van der Waals surface area (Å²) >= 11 is 0. The number of fused-ring (bicyclic) bond motifs is 1. The summed E-state index contributed by atoms with van der Waals surface area (Å²) in [7, 11) is 0. The zero-order chi connectivity index (χ0) is 25.8. The van der Waals surface area contributed by atoms with Crippen molar-refractivity contribution in [3.8, 4) is 5.82 Å². The average Bonchev–Trinajstić information content (AvgIpc) is 3.33. The van der Waals surface area contributed by atoms with Gasteiger partial charge in [0.15, 0.2) is 5.82 Å². The molecule has 200 valence electrons. The number of imidazole rings is 1. The Kier molecular flexibility index (Phi) is 8.04. The summed E-state index contributed by atoms with van der Waals surface area (Å²) in [6, 6.07) is 8.03. The number of ether oxygens (including phenoxy) is 1. The summed E-state index contributed by atoms with van der Waals surface area (Å²) in [4.78, 5) is 15.6. The molecule has 2 aliphatic rings. The monoisotopic (exact) mass is 521 g/mol. The number of rotatable bonds is 9. The number of nitrogens with one attached hydrogen (secondary N) is 2. The molecule has 0 spiro atoms. The van der Waals surface area contributed by atoms with Crippen molar-refractivity contribution in [2.45, 2.75) is 50.2 Å². The van der Waals surface area contributed by atoms with Crippen molar-refractivity contribution in [2.24, 2.45) is 0 Å². The zero-order valence-electron chi connectivity index (χ0n) is 20.4. The Labute approximate surface area is 212 Å². The van der Waals surface area contributed by atoms with Gasteiger partial charge in [-0.3, -0.25) is 4.57 Å². The maximum atomic E-state index is 14.0. The lowest BCUT2D eigenvalue weighted by molar-refractivity contribution is 0.122. The minimum atomic E-state index is -2.79. The molecule has 1 aliphatic carbocycles. The van der Waals surface area contributed by atoms with E-state index in [4.69, 9.17) is 9.72 Å². The van der Waals surface area contributed by atoms with Gasteiger partial charge in [-0.15, -0.1) is 0 Å². The Morgan fingerprint density at radius 1 is 0.919 bits per heavy atom. The molecule has 1 saturated heterocycles. The summed E-state index contributed by atoms with van der Waals surface area (Å²) in [6.45, 7) is 0.890. The minimum absolute atomic E-state index is 0.0501. The lowest BCUT2D eigenvalue weighted by atomic mass is 9.91. The molecule has 3 heterocycles. The second-order valence-corrected chi connectivity index (χ2v) is 9.47. The van der Waals surface area contributed by atoms with Crippen molar-refractivity contribution in [3.63, 3.8) is 0 Å². The van der Waals surface area contributed by atoms with E-state index in [0.29, 0.717) is 54.9 Å². The number of halogens is 4. The first-order valence-electron chi connectivity index (χ1n) is 12.7. The van der Waals surface area contributed by atoms with Crippen LogP contribution in [0.1, 0.15) is 37.9 Å². The number of hydrogen-bond donors (Lipinski definition) is 2. The topological polar surface area (TPSA) is 80.1 Å². The van der Waals surface area contributed by atoms with E-state index in [9.17, 15) is 17.6 Å². The van der Waals surface area contributed by atoms with Gasteiger partial charge in [0, 0.05) is 31.2 Å². The zero-order valence-corrected chi connectivity index (χ0v) is 20.4. The van der Waals surface area contributed by atoms with Crippen LogP contribution in [0.2, 0.25) is 0 Å². The van der Waals surface area contributed by atoms with Crippen molar-refractivity contribution in [1.29, 1.82) is 0 Å².